The van der Waals surface area contributed by atoms with Crippen LogP contribution in [0.15, 0.2) is 11.4 Å². The Bertz CT molecular complexity index is 461. The summed E-state index contributed by atoms with van der Waals surface area (Å²) in [5.41, 5.74) is 5.51. The number of aryl methyl sites for hydroxylation is 1. The van der Waals surface area contributed by atoms with Crippen molar-refractivity contribution in [3.05, 3.63) is 6.33 Å². The topological polar surface area (TPSA) is 110 Å². The standard InChI is InChI=1S/C9H18N4O3S/c1-6(2)7(4-14)12-17(15,16)9-8(10)11-5-13(9)3/h5-7,12,14H,4,10H2,1-3H3/t7-/m1/s1. The molecule has 17 heavy (non-hydrogen) atoms. The maximum Gasteiger partial charge on any atom is 0.260 e. The highest BCUT2D eigenvalue weighted by molar-refractivity contribution is 7.89. The molecule has 1 heterocycles. The summed E-state index contributed by atoms with van der Waals surface area (Å²) in [5, 5.41) is 9.03. The predicted molar refractivity (Wildman–Crippen MR) is 63.7 cm³/mol. The van der Waals surface area contributed by atoms with Crippen LogP contribution in [0.1, 0.15) is 13.8 Å². The molecule has 0 saturated heterocycles. The molecule has 0 unspecified atom stereocenters. The van der Waals surface area contributed by atoms with Crippen molar-refractivity contribution in [3.63, 3.8) is 0 Å². The molecule has 0 spiro atoms. The van der Waals surface area contributed by atoms with Gasteiger partial charge in [-0.15, -0.1) is 0 Å². The highest BCUT2D eigenvalue weighted by Crippen LogP contribution is 2.16. The lowest BCUT2D eigenvalue weighted by molar-refractivity contribution is 0.227. The number of nitrogens with one attached hydrogen (secondary N) is 1. The van der Waals surface area contributed by atoms with Crippen molar-refractivity contribution in [2.75, 3.05) is 12.3 Å². The normalized spacial score (nSPS) is 14.2. The Morgan fingerprint density at radius 2 is 2.18 bits per heavy atom. The Morgan fingerprint density at radius 1 is 1.59 bits per heavy atom. The van der Waals surface area contributed by atoms with Gasteiger partial charge in [-0.3, -0.25) is 0 Å². The molecular weight excluding hydrogens is 244 g/mol. The number of sulfonamides is 1. The van der Waals surface area contributed by atoms with E-state index in [1.807, 2.05) is 13.8 Å². The largest absolute Gasteiger partial charge is 0.395 e. The zero-order valence-corrected chi connectivity index (χ0v) is 10.9. The van der Waals surface area contributed by atoms with Crippen molar-refractivity contribution in [1.29, 1.82) is 0 Å². The van der Waals surface area contributed by atoms with E-state index in [0.717, 1.165) is 0 Å². The van der Waals surface area contributed by atoms with Crippen molar-refractivity contribution in [3.8, 4) is 0 Å². The van der Waals surface area contributed by atoms with Crippen LogP contribution in [0.4, 0.5) is 5.82 Å². The Kier molecular flexibility index (Phi) is 4.12. The van der Waals surface area contributed by atoms with E-state index in [4.69, 9.17) is 10.8 Å². The molecular formula is C9H18N4O3S. The van der Waals surface area contributed by atoms with Gasteiger partial charge in [-0.25, -0.2) is 18.1 Å². The molecule has 0 aromatic carbocycles. The summed E-state index contributed by atoms with van der Waals surface area (Å²) in [6.45, 7) is 3.36. The van der Waals surface area contributed by atoms with E-state index in [1.165, 1.54) is 10.9 Å². The minimum atomic E-state index is -3.77. The third kappa shape index (κ3) is 2.96. The lowest BCUT2D eigenvalue weighted by atomic mass is 10.1. The minimum Gasteiger partial charge on any atom is -0.395 e. The van der Waals surface area contributed by atoms with Crippen molar-refractivity contribution in [1.82, 2.24) is 14.3 Å². The van der Waals surface area contributed by atoms with Crippen LogP contribution in [0.2, 0.25) is 0 Å². The van der Waals surface area contributed by atoms with Crippen LogP contribution in [0.3, 0.4) is 0 Å². The van der Waals surface area contributed by atoms with Crippen LogP contribution >= 0.6 is 0 Å². The fraction of sp³-hybridized carbons (Fsp3) is 0.667. The fourth-order valence-electron chi connectivity index (χ4n) is 1.40. The predicted octanol–water partition coefficient (Wildman–Crippen LogP) is -0.702. The summed E-state index contributed by atoms with van der Waals surface area (Å²) in [5.74, 6) is -0.0790. The molecule has 0 amide bonds. The number of hydrogen-bond acceptors (Lipinski definition) is 5. The molecule has 0 aliphatic rings. The van der Waals surface area contributed by atoms with Crippen LogP contribution in [-0.4, -0.2) is 35.7 Å². The molecule has 0 radical (unpaired) electrons. The highest BCUT2D eigenvalue weighted by atomic mass is 32.2. The zero-order valence-electron chi connectivity index (χ0n) is 10.1. The number of aliphatic hydroxyl groups excluding tert-OH is 1. The molecule has 7 nitrogen and oxygen atoms in total. The molecule has 1 aromatic rings. The SMILES string of the molecule is CC(C)[C@@H](CO)NS(=O)(=O)c1c(N)ncn1C. The number of aromatic nitrogens is 2. The second-order valence-electron chi connectivity index (χ2n) is 4.20. The molecule has 98 valence electrons. The van der Waals surface area contributed by atoms with Gasteiger partial charge in [-0.1, -0.05) is 13.8 Å². The van der Waals surface area contributed by atoms with E-state index < -0.39 is 16.1 Å². The summed E-state index contributed by atoms with van der Waals surface area (Å²) in [4.78, 5) is 3.72. The number of anilines is 1. The number of aliphatic hydroxyl groups is 1. The third-order valence-electron chi connectivity index (χ3n) is 2.47. The number of hydrogen-bond donors (Lipinski definition) is 3. The monoisotopic (exact) mass is 262 g/mol. The van der Waals surface area contributed by atoms with Gasteiger partial charge in [0.1, 0.15) is 0 Å². The first kappa shape index (κ1) is 13.9. The number of nitrogens with two attached hydrogens (primary N) is 1. The maximum atomic E-state index is 12.0. The molecule has 8 heteroatoms. The van der Waals surface area contributed by atoms with E-state index in [2.05, 4.69) is 9.71 Å². The molecule has 4 N–H and O–H groups in total. The minimum absolute atomic E-state index is 0.0239. The van der Waals surface area contributed by atoms with Gasteiger partial charge in [-0.05, 0) is 5.92 Å². The number of nitrogen functional groups attached to an aromatic ring is 1. The van der Waals surface area contributed by atoms with E-state index >= 15 is 0 Å². The van der Waals surface area contributed by atoms with Gasteiger partial charge in [0.05, 0.1) is 12.9 Å². The van der Waals surface area contributed by atoms with Gasteiger partial charge < -0.3 is 15.4 Å². The average molecular weight is 262 g/mol. The Balaban J connectivity index is 3.05. The first-order valence-corrected chi connectivity index (χ1v) is 6.68. The molecule has 0 fully saturated rings. The number of nitrogens with zero attached hydrogens (tertiary/aromatic N) is 2. The number of rotatable bonds is 5. The Morgan fingerprint density at radius 3 is 2.53 bits per heavy atom. The second kappa shape index (κ2) is 5.03. The summed E-state index contributed by atoms with van der Waals surface area (Å²) in [6, 6.07) is -0.547. The molecule has 1 atom stereocenters. The first-order valence-electron chi connectivity index (χ1n) is 5.19. The summed E-state index contributed by atoms with van der Waals surface area (Å²) < 4.78 is 27.8. The third-order valence-corrected chi connectivity index (χ3v) is 4.09. The van der Waals surface area contributed by atoms with Crippen LogP contribution in [0, 0.1) is 5.92 Å². The van der Waals surface area contributed by atoms with E-state index in [9.17, 15) is 8.42 Å². The van der Waals surface area contributed by atoms with Gasteiger partial charge >= 0.3 is 0 Å². The Hall–Kier alpha value is -1.12. The molecule has 0 saturated carbocycles. The summed E-state index contributed by atoms with van der Waals surface area (Å²) in [7, 11) is -2.23. The molecule has 0 bridgehead atoms. The smallest absolute Gasteiger partial charge is 0.260 e. The van der Waals surface area contributed by atoms with Crippen molar-refractivity contribution < 1.29 is 13.5 Å². The fourth-order valence-corrected chi connectivity index (χ4v) is 3.01. The Labute approximate surface area is 101 Å². The van der Waals surface area contributed by atoms with Gasteiger partial charge in [0.2, 0.25) is 0 Å². The lowest BCUT2D eigenvalue weighted by Gasteiger charge is -2.19. The van der Waals surface area contributed by atoms with Gasteiger partial charge in [0.25, 0.3) is 10.0 Å². The van der Waals surface area contributed by atoms with Crippen LogP contribution < -0.4 is 10.5 Å². The zero-order chi connectivity index (χ0) is 13.2. The summed E-state index contributed by atoms with van der Waals surface area (Å²) >= 11 is 0. The van der Waals surface area contributed by atoms with E-state index in [1.54, 1.807) is 7.05 Å². The molecule has 1 aromatic heterocycles. The second-order valence-corrected chi connectivity index (χ2v) is 5.83. The number of imidazole rings is 1. The van der Waals surface area contributed by atoms with Crippen LogP contribution in [-0.2, 0) is 17.1 Å². The summed E-state index contributed by atoms with van der Waals surface area (Å²) in [6.07, 6.45) is 1.33. The maximum absolute atomic E-state index is 12.0. The van der Waals surface area contributed by atoms with Crippen molar-refractivity contribution in [2.45, 2.75) is 24.9 Å². The van der Waals surface area contributed by atoms with Crippen LogP contribution in [0.5, 0.6) is 0 Å². The quantitative estimate of drug-likeness (QED) is 0.649. The van der Waals surface area contributed by atoms with Crippen molar-refractivity contribution >= 4 is 15.8 Å². The first-order chi connectivity index (χ1) is 7.79. The van der Waals surface area contributed by atoms with E-state index in [-0.39, 0.29) is 23.4 Å². The molecule has 0 aliphatic heterocycles. The lowest BCUT2D eigenvalue weighted by Crippen LogP contribution is -2.41. The van der Waals surface area contributed by atoms with Crippen molar-refractivity contribution in [2.24, 2.45) is 13.0 Å². The molecule has 0 aliphatic carbocycles. The average Bonchev–Trinajstić information content (AvgIpc) is 2.55. The highest BCUT2D eigenvalue weighted by Gasteiger charge is 2.26. The van der Waals surface area contributed by atoms with Gasteiger partial charge in [0, 0.05) is 13.1 Å². The van der Waals surface area contributed by atoms with Crippen LogP contribution in [0.25, 0.3) is 0 Å². The van der Waals surface area contributed by atoms with Gasteiger partial charge in [0.15, 0.2) is 10.8 Å². The van der Waals surface area contributed by atoms with E-state index in [0.29, 0.717) is 0 Å². The van der Waals surface area contributed by atoms with Gasteiger partial charge in [-0.2, -0.15) is 0 Å². The molecule has 1 rings (SSSR count).